The number of aromatic nitrogens is 2. The number of benzene rings is 1. The van der Waals surface area contributed by atoms with Gasteiger partial charge in [-0.2, -0.15) is 0 Å². The first kappa shape index (κ1) is 25.8. The lowest BCUT2D eigenvalue weighted by atomic mass is 9.99. The molecule has 2 saturated heterocycles. The lowest BCUT2D eigenvalue weighted by molar-refractivity contribution is 0.0362. The van der Waals surface area contributed by atoms with Gasteiger partial charge in [0.1, 0.15) is 23.8 Å². The molecular formula is C28H37FN6O2. The van der Waals surface area contributed by atoms with E-state index < -0.39 is 0 Å². The van der Waals surface area contributed by atoms with E-state index in [1.807, 2.05) is 0 Å². The molecule has 0 amide bonds. The summed E-state index contributed by atoms with van der Waals surface area (Å²) in [4.78, 5) is 16.2. The van der Waals surface area contributed by atoms with Gasteiger partial charge in [0.25, 0.3) is 0 Å². The minimum Gasteiger partial charge on any atom is -0.383 e. The Kier molecular flexibility index (Phi) is 8.45. The number of nitrogens with zero attached hydrogens (tertiary/aromatic N) is 5. The topological polar surface area (TPSA) is 80.0 Å². The first-order valence-electron chi connectivity index (χ1n) is 13.2. The zero-order valence-electron chi connectivity index (χ0n) is 21.6. The molecule has 2 aromatic rings. The molecule has 2 atom stereocenters. The lowest BCUT2D eigenvalue weighted by Crippen LogP contribution is -2.55. The summed E-state index contributed by atoms with van der Waals surface area (Å²) in [5, 5.41) is 0. The predicted molar refractivity (Wildman–Crippen MR) is 144 cm³/mol. The molecule has 3 aliphatic heterocycles. The summed E-state index contributed by atoms with van der Waals surface area (Å²) in [6, 6.07) is 6.63. The summed E-state index contributed by atoms with van der Waals surface area (Å²) in [5.41, 5.74) is 9.16. The van der Waals surface area contributed by atoms with Gasteiger partial charge in [-0.3, -0.25) is 4.90 Å². The molecule has 0 bridgehead atoms. The van der Waals surface area contributed by atoms with Gasteiger partial charge in [-0.1, -0.05) is 30.4 Å². The highest BCUT2D eigenvalue weighted by Crippen LogP contribution is 2.34. The number of halogens is 1. The summed E-state index contributed by atoms with van der Waals surface area (Å²) in [6.45, 7) is 10.6. The Morgan fingerprint density at radius 3 is 2.57 bits per heavy atom. The highest BCUT2D eigenvalue weighted by Gasteiger charge is 2.31. The average molecular weight is 509 g/mol. The van der Waals surface area contributed by atoms with Crippen LogP contribution in [0.15, 0.2) is 54.4 Å². The Morgan fingerprint density at radius 1 is 1.05 bits per heavy atom. The van der Waals surface area contributed by atoms with Crippen molar-refractivity contribution in [1.29, 1.82) is 0 Å². The van der Waals surface area contributed by atoms with Gasteiger partial charge in [0, 0.05) is 38.8 Å². The Bertz CT molecular complexity index is 1100. The van der Waals surface area contributed by atoms with Crippen LogP contribution in [0.3, 0.4) is 0 Å². The van der Waals surface area contributed by atoms with Gasteiger partial charge in [0.05, 0.1) is 31.5 Å². The maximum atomic E-state index is 13.6. The van der Waals surface area contributed by atoms with E-state index in [9.17, 15) is 4.39 Å². The van der Waals surface area contributed by atoms with Crippen LogP contribution < -0.4 is 10.6 Å². The van der Waals surface area contributed by atoms with E-state index in [-0.39, 0.29) is 18.0 Å². The summed E-state index contributed by atoms with van der Waals surface area (Å²) in [6.07, 6.45) is 9.43. The number of hydrogen-bond donors (Lipinski definition) is 1. The number of hydrogen-bond acceptors (Lipinski definition) is 8. The lowest BCUT2D eigenvalue weighted by Gasteiger charge is -2.44. The summed E-state index contributed by atoms with van der Waals surface area (Å²) < 4.78 is 25.2. The Labute approximate surface area is 218 Å². The third-order valence-corrected chi connectivity index (χ3v) is 7.37. The standard InChI is InChI=1S/C28H37FN6O2/c1-21-18-23(4-2-15-36-16-17-37-21)25(19-33-9-3-10-33)34-11-13-35(14-12-34)28-26(27(30)31-20-32-28)22-5-7-24(29)8-6-22/h2,4-8,18,20-21,25H,3,9-17,19H2,1H3,(H2,30,31,32)/b4-2-,23-18+. The first-order valence-corrected chi connectivity index (χ1v) is 13.2. The number of nitrogen functional groups attached to an aromatic ring is 1. The van der Waals surface area contributed by atoms with Gasteiger partial charge in [-0.05, 0) is 49.7 Å². The number of anilines is 2. The van der Waals surface area contributed by atoms with Crippen LogP contribution in [0.1, 0.15) is 13.3 Å². The van der Waals surface area contributed by atoms with Crippen molar-refractivity contribution in [3.05, 3.63) is 60.2 Å². The second kappa shape index (κ2) is 12.1. The van der Waals surface area contributed by atoms with E-state index in [1.165, 1.54) is 30.5 Å². The minimum atomic E-state index is -0.280. The van der Waals surface area contributed by atoms with Crippen molar-refractivity contribution in [3.8, 4) is 11.1 Å². The fourth-order valence-electron chi connectivity index (χ4n) is 5.23. The molecule has 0 radical (unpaired) electrons. The second-order valence-corrected chi connectivity index (χ2v) is 9.88. The van der Waals surface area contributed by atoms with E-state index in [0.29, 0.717) is 25.6 Å². The molecule has 37 heavy (non-hydrogen) atoms. The van der Waals surface area contributed by atoms with Gasteiger partial charge >= 0.3 is 0 Å². The van der Waals surface area contributed by atoms with Crippen LogP contribution >= 0.6 is 0 Å². The van der Waals surface area contributed by atoms with Gasteiger partial charge in [0.15, 0.2) is 0 Å². The quantitative estimate of drug-likeness (QED) is 0.638. The van der Waals surface area contributed by atoms with Crippen molar-refractivity contribution >= 4 is 11.6 Å². The molecule has 0 spiro atoms. The smallest absolute Gasteiger partial charge is 0.142 e. The monoisotopic (exact) mass is 508 g/mol. The molecular weight excluding hydrogens is 471 g/mol. The highest BCUT2D eigenvalue weighted by molar-refractivity contribution is 5.84. The second-order valence-electron chi connectivity index (χ2n) is 9.88. The third-order valence-electron chi connectivity index (χ3n) is 7.37. The van der Waals surface area contributed by atoms with E-state index in [1.54, 1.807) is 12.1 Å². The van der Waals surface area contributed by atoms with Gasteiger partial charge in [-0.25, -0.2) is 14.4 Å². The molecule has 0 aliphatic carbocycles. The molecule has 1 aromatic carbocycles. The molecule has 8 nitrogen and oxygen atoms in total. The van der Waals surface area contributed by atoms with Crippen molar-refractivity contribution in [2.45, 2.75) is 25.5 Å². The molecule has 4 heterocycles. The number of ether oxygens (including phenoxy) is 2. The molecule has 2 fully saturated rings. The summed E-state index contributed by atoms with van der Waals surface area (Å²) >= 11 is 0. The van der Waals surface area contributed by atoms with Crippen LogP contribution in [0.5, 0.6) is 0 Å². The van der Waals surface area contributed by atoms with E-state index >= 15 is 0 Å². The van der Waals surface area contributed by atoms with Crippen molar-refractivity contribution in [3.63, 3.8) is 0 Å². The van der Waals surface area contributed by atoms with E-state index in [4.69, 9.17) is 15.2 Å². The van der Waals surface area contributed by atoms with Crippen LogP contribution in [0.4, 0.5) is 16.0 Å². The van der Waals surface area contributed by atoms with E-state index in [0.717, 1.165) is 62.8 Å². The predicted octanol–water partition coefficient (Wildman–Crippen LogP) is 2.98. The Hall–Kier alpha value is -2.85. The number of rotatable bonds is 6. The van der Waals surface area contributed by atoms with Crippen LogP contribution in [0.2, 0.25) is 0 Å². The molecule has 3 aliphatic rings. The van der Waals surface area contributed by atoms with Crippen LogP contribution in [-0.4, -0.2) is 97.5 Å². The van der Waals surface area contributed by atoms with Crippen LogP contribution in [0, 0.1) is 5.82 Å². The molecule has 2 unspecified atom stereocenters. The largest absolute Gasteiger partial charge is 0.383 e. The fourth-order valence-corrected chi connectivity index (χ4v) is 5.23. The average Bonchev–Trinajstić information content (AvgIpc) is 2.88. The zero-order chi connectivity index (χ0) is 25.6. The van der Waals surface area contributed by atoms with E-state index in [2.05, 4.69) is 49.8 Å². The van der Waals surface area contributed by atoms with Crippen LogP contribution in [-0.2, 0) is 9.47 Å². The maximum absolute atomic E-state index is 13.6. The third kappa shape index (κ3) is 6.35. The van der Waals surface area contributed by atoms with Crippen molar-refractivity contribution < 1.29 is 13.9 Å². The summed E-state index contributed by atoms with van der Waals surface area (Å²) in [5.74, 6) is 0.926. The molecule has 1 aromatic heterocycles. The van der Waals surface area contributed by atoms with Crippen molar-refractivity contribution in [2.75, 3.05) is 76.3 Å². The highest BCUT2D eigenvalue weighted by atomic mass is 19.1. The molecule has 9 heteroatoms. The normalized spacial score (nSPS) is 25.1. The zero-order valence-corrected chi connectivity index (χ0v) is 21.6. The number of likely N-dealkylation sites (tertiary alicyclic amines) is 1. The Balaban J connectivity index is 1.35. The fraction of sp³-hybridized carbons (Fsp3) is 0.500. The Morgan fingerprint density at radius 2 is 1.84 bits per heavy atom. The van der Waals surface area contributed by atoms with Crippen LogP contribution in [0.25, 0.3) is 11.1 Å². The maximum Gasteiger partial charge on any atom is 0.142 e. The minimum absolute atomic E-state index is 0.0313. The number of nitrogens with two attached hydrogens (primary N) is 1. The van der Waals surface area contributed by atoms with Crippen molar-refractivity contribution in [1.82, 2.24) is 19.8 Å². The molecule has 2 N–H and O–H groups in total. The molecule has 0 saturated carbocycles. The SMILES string of the molecule is CC1/C=C(C(CN2CCC2)N2CCN(c3ncnc(N)c3-c3ccc(F)cc3)CC2)\C=C/COCCO1. The van der Waals surface area contributed by atoms with Gasteiger partial charge in [0.2, 0.25) is 0 Å². The number of piperazine rings is 1. The molecule has 5 rings (SSSR count). The first-order chi connectivity index (χ1) is 18.1. The van der Waals surface area contributed by atoms with Gasteiger partial charge < -0.3 is 25.0 Å². The van der Waals surface area contributed by atoms with Gasteiger partial charge in [-0.15, -0.1) is 0 Å². The summed E-state index contributed by atoms with van der Waals surface area (Å²) in [7, 11) is 0. The van der Waals surface area contributed by atoms with Crippen molar-refractivity contribution in [2.24, 2.45) is 0 Å². The molecule has 198 valence electrons.